The van der Waals surface area contributed by atoms with Crippen LogP contribution in [0.1, 0.15) is 31.2 Å². The minimum absolute atomic E-state index is 0.0401. The Morgan fingerprint density at radius 1 is 1.23 bits per heavy atom. The molecule has 1 unspecified atom stereocenters. The number of fused-ring (bicyclic) bond motifs is 1. The standard InChI is InChI=1S/C21H27ClFN7O/c22-16-3-1-2-15(18(16)23)21(24)29-17-12-26-20(27-13-6-10-31-11-7-13)28-19(17)30(21)14-4-8-25-9-5-14/h1-3,12-14,25,29H,4-11,24H2,(H,26,27,28). The normalized spacial score (nSPS) is 24.7. The molecule has 2 fully saturated rings. The maximum atomic E-state index is 15.1. The second-order valence-corrected chi connectivity index (χ2v) is 8.71. The summed E-state index contributed by atoms with van der Waals surface area (Å²) >= 11 is 6.10. The molecule has 0 radical (unpaired) electrons. The molecule has 2 saturated heterocycles. The van der Waals surface area contributed by atoms with Crippen LogP contribution in [0.2, 0.25) is 5.02 Å². The third-order valence-electron chi connectivity index (χ3n) is 6.29. The molecule has 0 saturated carbocycles. The molecule has 4 heterocycles. The van der Waals surface area contributed by atoms with Crippen molar-refractivity contribution in [2.45, 2.75) is 43.6 Å². The molecule has 0 bridgehead atoms. The van der Waals surface area contributed by atoms with E-state index in [1.165, 1.54) is 6.07 Å². The predicted molar refractivity (Wildman–Crippen MR) is 119 cm³/mol. The number of halogens is 2. The lowest BCUT2D eigenvalue weighted by Gasteiger charge is -2.43. The van der Waals surface area contributed by atoms with Crippen LogP contribution in [0.25, 0.3) is 0 Å². The molecule has 3 aliphatic heterocycles. The van der Waals surface area contributed by atoms with Gasteiger partial charge in [0.25, 0.3) is 0 Å². The fraction of sp³-hybridized carbons (Fsp3) is 0.524. The molecule has 0 aliphatic carbocycles. The smallest absolute Gasteiger partial charge is 0.224 e. The topological polar surface area (TPSA) is 100 Å². The lowest BCUT2D eigenvalue weighted by molar-refractivity contribution is 0.0903. The zero-order valence-electron chi connectivity index (χ0n) is 17.2. The van der Waals surface area contributed by atoms with Crippen molar-refractivity contribution in [2.24, 2.45) is 5.73 Å². The number of anilines is 3. The van der Waals surface area contributed by atoms with E-state index >= 15 is 4.39 Å². The number of nitrogens with two attached hydrogens (primary N) is 1. The highest BCUT2D eigenvalue weighted by molar-refractivity contribution is 6.30. The molecule has 1 atom stereocenters. The van der Waals surface area contributed by atoms with Crippen molar-refractivity contribution in [1.29, 1.82) is 0 Å². The molecule has 2 aromatic rings. The van der Waals surface area contributed by atoms with Gasteiger partial charge in [0.2, 0.25) is 5.95 Å². The Bertz CT molecular complexity index is 951. The van der Waals surface area contributed by atoms with Gasteiger partial charge < -0.3 is 25.6 Å². The highest BCUT2D eigenvalue weighted by atomic mass is 35.5. The highest BCUT2D eigenvalue weighted by Crippen LogP contribution is 2.45. The number of piperidine rings is 1. The van der Waals surface area contributed by atoms with Crippen molar-refractivity contribution in [1.82, 2.24) is 15.3 Å². The van der Waals surface area contributed by atoms with E-state index in [0.29, 0.717) is 17.5 Å². The van der Waals surface area contributed by atoms with Gasteiger partial charge in [0.05, 0.1) is 22.5 Å². The fourth-order valence-corrected chi connectivity index (χ4v) is 4.87. The van der Waals surface area contributed by atoms with Gasteiger partial charge in [-0.05, 0) is 44.8 Å². The summed E-state index contributed by atoms with van der Waals surface area (Å²) in [6.45, 7) is 3.18. The van der Waals surface area contributed by atoms with E-state index in [2.05, 4.69) is 20.9 Å². The molecule has 1 aromatic heterocycles. The van der Waals surface area contributed by atoms with Crippen LogP contribution in [0.3, 0.4) is 0 Å². The third kappa shape index (κ3) is 3.80. The molecule has 5 rings (SSSR count). The molecule has 5 N–H and O–H groups in total. The molecule has 8 nitrogen and oxygen atoms in total. The van der Waals surface area contributed by atoms with Gasteiger partial charge >= 0.3 is 0 Å². The predicted octanol–water partition coefficient (Wildman–Crippen LogP) is 2.61. The van der Waals surface area contributed by atoms with Gasteiger partial charge in [-0.1, -0.05) is 23.7 Å². The lowest BCUT2D eigenvalue weighted by atomic mass is 10.00. The van der Waals surface area contributed by atoms with Crippen molar-refractivity contribution in [2.75, 3.05) is 41.8 Å². The first kappa shape index (κ1) is 20.7. The first-order valence-electron chi connectivity index (χ1n) is 10.8. The Morgan fingerprint density at radius 2 is 2.00 bits per heavy atom. The van der Waals surface area contributed by atoms with Gasteiger partial charge in [-0.2, -0.15) is 4.98 Å². The van der Waals surface area contributed by atoms with E-state index in [1.807, 2.05) is 4.90 Å². The monoisotopic (exact) mass is 447 g/mol. The Hall–Kier alpha value is -2.20. The van der Waals surface area contributed by atoms with E-state index in [0.717, 1.165) is 52.0 Å². The molecule has 166 valence electrons. The van der Waals surface area contributed by atoms with Gasteiger partial charge in [-0.15, -0.1) is 0 Å². The zero-order valence-corrected chi connectivity index (χ0v) is 18.0. The van der Waals surface area contributed by atoms with Crippen molar-refractivity contribution < 1.29 is 9.13 Å². The number of ether oxygens (including phenoxy) is 1. The summed E-state index contributed by atoms with van der Waals surface area (Å²) < 4.78 is 20.5. The van der Waals surface area contributed by atoms with Crippen LogP contribution in [-0.2, 0) is 10.5 Å². The summed E-state index contributed by atoms with van der Waals surface area (Å²) in [6.07, 6.45) is 5.27. The second-order valence-electron chi connectivity index (χ2n) is 8.31. The number of hydrogen-bond acceptors (Lipinski definition) is 8. The van der Waals surface area contributed by atoms with E-state index in [9.17, 15) is 0 Å². The van der Waals surface area contributed by atoms with Gasteiger partial charge in [-0.25, -0.2) is 9.37 Å². The fourth-order valence-electron chi connectivity index (χ4n) is 4.69. The summed E-state index contributed by atoms with van der Waals surface area (Å²) in [5, 5.41) is 10.1. The largest absolute Gasteiger partial charge is 0.381 e. The van der Waals surface area contributed by atoms with Crippen molar-refractivity contribution >= 4 is 29.1 Å². The SMILES string of the molecule is NC1(c2cccc(Cl)c2F)Nc2cnc(NC3CCOCC3)nc2N1C1CCNCC1. The van der Waals surface area contributed by atoms with E-state index in [-0.39, 0.29) is 22.7 Å². The molecule has 3 aliphatic rings. The number of aromatic nitrogens is 2. The van der Waals surface area contributed by atoms with E-state index < -0.39 is 11.6 Å². The van der Waals surface area contributed by atoms with E-state index in [1.54, 1.807) is 18.3 Å². The zero-order chi connectivity index (χ0) is 21.4. The molecule has 0 spiro atoms. The summed E-state index contributed by atoms with van der Waals surface area (Å²) in [7, 11) is 0. The Kier molecular flexibility index (Phi) is 5.60. The summed E-state index contributed by atoms with van der Waals surface area (Å²) in [5.74, 6) is -0.620. The van der Waals surface area contributed by atoms with Crippen LogP contribution in [0.15, 0.2) is 24.4 Å². The molecule has 10 heteroatoms. The second kappa shape index (κ2) is 8.38. The van der Waals surface area contributed by atoms with Crippen LogP contribution >= 0.6 is 11.6 Å². The van der Waals surface area contributed by atoms with Gasteiger partial charge in [-0.3, -0.25) is 5.73 Å². The van der Waals surface area contributed by atoms with Crippen LogP contribution in [0.4, 0.5) is 21.8 Å². The molecule has 31 heavy (non-hydrogen) atoms. The number of nitrogens with zero attached hydrogens (tertiary/aromatic N) is 3. The minimum Gasteiger partial charge on any atom is -0.381 e. The van der Waals surface area contributed by atoms with Gasteiger partial charge in [0.1, 0.15) is 0 Å². The summed E-state index contributed by atoms with van der Waals surface area (Å²) in [5.41, 5.74) is 7.87. The third-order valence-corrected chi connectivity index (χ3v) is 6.58. The Morgan fingerprint density at radius 3 is 2.77 bits per heavy atom. The molecular weight excluding hydrogens is 421 g/mol. The Labute approximate surface area is 185 Å². The van der Waals surface area contributed by atoms with Crippen LogP contribution < -0.4 is 26.6 Å². The van der Waals surface area contributed by atoms with Crippen molar-refractivity contribution in [3.63, 3.8) is 0 Å². The maximum absolute atomic E-state index is 15.1. The minimum atomic E-state index is -1.31. The average molecular weight is 448 g/mol. The number of rotatable bonds is 4. The summed E-state index contributed by atoms with van der Waals surface area (Å²) in [6, 6.07) is 5.26. The molecular formula is C21H27ClFN7O. The first-order chi connectivity index (χ1) is 15.1. The van der Waals surface area contributed by atoms with E-state index in [4.69, 9.17) is 27.1 Å². The first-order valence-corrected chi connectivity index (χ1v) is 11.2. The Balaban J connectivity index is 1.53. The maximum Gasteiger partial charge on any atom is 0.224 e. The average Bonchev–Trinajstić information content (AvgIpc) is 3.09. The lowest BCUT2D eigenvalue weighted by Crippen LogP contribution is -2.61. The van der Waals surface area contributed by atoms with Crippen LogP contribution in [0, 0.1) is 5.82 Å². The van der Waals surface area contributed by atoms with Crippen LogP contribution in [-0.4, -0.2) is 48.4 Å². The van der Waals surface area contributed by atoms with Gasteiger partial charge in [0, 0.05) is 25.3 Å². The van der Waals surface area contributed by atoms with Gasteiger partial charge in [0.15, 0.2) is 17.4 Å². The number of hydrogen-bond donors (Lipinski definition) is 4. The molecule has 0 amide bonds. The molecule has 1 aromatic carbocycles. The van der Waals surface area contributed by atoms with Crippen LogP contribution in [0.5, 0.6) is 0 Å². The van der Waals surface area contributed by atoms with Crippen molar-refractivity contribution in [3.8, 4) is 0 Å². The number of nitrogens with one attached hydrogen (secondary N) is 3. The summed E-state index contributed by atoms with van der Waals surface area (Å²) in [4.78, 5) is 11.3. The number of benzene rings is 1. The quantitative estimate of drug-likeness (QED) is 0.567. The van der Waals surface area contributed by atoms with Crippen molar-refractivity contribution in [3.05, 3.63) is 40.8 Å². The highest BCUT2D eigenvalue weighted by Gasteiger charge is 2.48.